The third-order valence-corrected chi connectivity index (χ3v) is 6.84. The van der Waals surface area contributed by atoms with Crippen LogP contribution in [0.2, 0.25) is 0 Å². The van der Waals surface area contributed by atoms with Gasteiger partial charge in [-0.1, -0.05) is 36.0 Å². The van der Waals surface area contributed by atoms with E-state index in [1.807, 2.05) is 68.8 Å². The van der Waals surface area contributed by atoms with Gasteiger partial charge in [0.15, 0.2) is 10.2 Å². The zero-order valence-corrected chi connectivity index (χ0v) is 20.0. The lowest BCUT2D eigenvalue weighted by Crippen LogP contribution is -2.29. The van der Waals surface area contributed by atoms with Gasteiger partial charge in [0.1, 0.15) is 11.8 Å². The quantitative estimate of drug-likeness (QED) is 0.342. The molecule has 5 nitrogen and oxygen atoms in total. The molecule has 0 amide bonds. The molecule has 33 heavy (non-hydrogen) atoms. The van der Waals surface area contributed by atoms with Crippen LogP contribution in [0.3, 0.4) is 0 Å². The minimum absolute atomic E-state index is 0.132. The number of benzene rings is 2. The molecule has 0 radical (unpaired) electrons. The van der Waals surface area contributed by atoms with Crippen molar-refractivity contribution in [2.24, 2.45) is 0 Å². The van der Waals surface area contributed by atoms with Crippen molar-refractivity contribution in [1.29, 1.82) is 0 Å². The van der Waals surface area contributed by atoms with Crippen LogP contribution in [-0.4, -0.2) is 24.2 Å². The second kappa shape index (κ2) is 9.29. The number of anilines is 2. The molecule has 166 valence electrons. The van der Waals surface area contributed by atoms with E-state index in [0.29, 0.717) is 5.11 Å². The van der Waals surface area contributed by atoms with Gasteiger partial charge in [0.25, 0.3) is 0 Å². The minimum atomic E-state index is -0.164. The summed E-state index contributed by atoms with van der Waals surface area (Å²) in [5.41, 5.74) is 3.07. The van der Waals surface area contributed by atoms with Crippen LogP contribution in [0.1, 0.15) is 23.5 Å². The Morgan fingerprint density at radius 1 is 0.939 bits per heavy atom. The predicted octanol–water partition coefficient (Wildman–Crippen LogP) is 6.07. The molecule has 3 heterocycles. The number of aromatic nitrogens is 1. The first kappa shape index (κ1) is 21.6. The maximum absolute atomic E-state index is 6.37. The van der Waals surface area contributed by atoms with Crippen LogP contribution in [0.15, 0.2) is 106 Å². The van der Waals surface area contributed by atoms with Crippen molar-refractivity contribution < 1.29 is 4.42 Å². The third-order valence-electron chi connectivity index (χ3n) is 5.60. The molecule has 5 rings (SSSR count). The summed E-state index contributed by atoms with van der Waals surface area (Å²) in [7, 11) is 4.07. The first-order valence-electron chi connectivity index (χ1n) is 10.7. The Hall–Kier alpha value is -3.29. The normalized spacial score (nSPS) is 17.8. The van der Waals surface area contributed by atoms with Gasteiger partial charge in [-0.05, 0) is 72.9 Å². The van der Waals surface area contributed by atoms with Crippen LogP contribution in [0.5, 0.6) is 0 Å². The van der Waals surface area contributed by atoms with E-state index in [1.165, 1.54) is 0 Å². The molecule has 1 aliphatic heterocycles. The van der Waals surface area contributed by atoms with Crippen LogP contribution in [0, 0.1) is 0 Å². The molecule has 1 fully saturated rings. The molecule has 0 bridgehead atoms. The van der Waals surface area contributed by atoms with E-state index in [0.717, 1.165) is 32.8 Å². The Labute approximate surface area is 203 Å². The highest BCUT2D eigenvalue weighted by Gasteiger charge is 2.42. The first-order valence-corrected chi connectivity index (χ1v) is 11.9. The third kappa shape index (κ3) is 4.47. The summed E-state index contributed by atoms with van der Waals surface area (Å²) in [6.07, 6.45) is 1.81. The van der Waals surface area contributed by atoms with E-state index in [-0.39, 0.29) is 12.1 Å². The molecule has 2 unspecified atom stereocenters. The molecular weight excluding hydrogens is 448 g/mol. The molecule has 2 atom stereocenters. The number of thiocarbonyl (C=S) groups is 1. The highest BCUT2D eigenvalue weighted by molar-refractivity contribution is 7.99. The maximum Gasteiger partial charge on any atom is 0.174 e. The fraction of sp³-hybridized carbons (Fsp3) is 0.154. The van der Waals surface area contributed by atoms with E-state index in [1.54, 1.807) is 11.8 Å². The average molecular weight is 473 g/mol. The Balaban J connectivity index is 1.52. The monoisotopic (exact) mass is 472 g/mol. The molecule has 1 saturated heterocycles. The second-order valence-electron chi connectivity index (χ2n) is 7.98. The molecular formula is C26H24N4OS2. The lowest BCUT2D eigenvalue weighted by atomic mass is 10.0. The van der Waals surface area contributed by atoms with Gasteiger partial charge in [0, 0.05) is 36.6 Å². The topological polar surface area (TPSA) is 44.5 Å². The van der Waals surface area contributed by atoms with Crippen molar-refractivity contribution in [2.75, 3.05) is 23.9 Å². The van der Waals surface area contributed by atoms with Crippen molar-refractivity contribution in [1.82, 2.24) is 10.3 Å². The van der Waals surface area contributed by atoms with Crippen molar-refractivity contribution in [2.45, 2.75) is 22.1 Å². The van der Waals surface area contributed by atoms with Gasteiger partial charge in [-0.3, -0.25) is 4.98 Å². The van der Waals surface area contributed by atoms with Crippen LogP contribution < -0.4 is 15.1 Å². The molecule has 2 aromatic heterocycles. The molecule has 4 aromatic rings. The van der Waals surface area contributed by atoms with Gasteiger partial charge in [-0.2, -0.15) is 0 Å². The molecule has 2 aromatic carbocycles. The fourth-order valence-electron chi connectivity index (χ4n) is 3.99. The Bertz CT molecular complexity index is 1230. The van der Waals surface area contributed by atoms with Crippen molar-refractivity contribution >= 4 is 40.5 Å². The molecule has 0 aliphatic carbocycles. The van der Waals surface area contributed by atoms with Crippen LogP contribution in [-0.2, 0) is 0 Å². The summed E-state index contributed by atoms with van der Waals surface area (Å²) in [4.78, 5) is 9.95. The smallest absolute Gasteiger partial charge is 0.174 e. The van der Waals surface area contributed by atoms with Crippen LogP contribution in [0.25, 0.3) is 0 Å². The lowest BCUT2D eigenvalue weighted by Gasteiger charge is -2.26. The number of pyridine rings is 1. The van der Waals surface area contributed by atoms with E-state index >= 15 is 0 Å². The number of rotatable bonds is 6. The lowest BCUT2D eigenvalue weighted by molar-refractivity contribution is 0.383. The van der Waals surface area contributed by atoms with Gasteiger partial charge in [-0.25, -0.2) is 0 Å². The number of furan rings is 1. The number of nitrogens with zero attached hydrogens (tertiary/aromatic N) is 3. The molecule has 1 N–H and O–H groups in total. The Morgan fingerprint density at radius 2 is 1.70 bits per heavy atom. The predicted molar refractivity (Wildman–Crippen MR) is 138 cm³/mol. The molecule has 0 saturated carbocycles. The van der Waals surface area contributed by atoms with Gasteiger partial charge in [-0.15, -0.1) is 0 Å². The SMILES string of the molecule is CN(C)c1ccc(N2C(=S)NC(c3ccccn3)C2c2ccc(Sc3ccccc3)o2)cc1. The Kier molecular flexibility index (Phi) is 6.07. The first-order chi connectivity index (χ1) is 16.1. The zero-order valence-electron chi connectivity index (χ0n) is 18.4. The standard InChI is InChI=1S/C26H24N4OS2/c1-29(2)18-11-13-19(14-12-18)30-25(24(28-26(30)32)21-10-6-7-17-27-21)22-15-16-23(31-22)33-20-8-4-3-5-9-20/h3-17,24-25H,1-2H3,(H,28,32). The van der Waals surface area contributed by atoms with Gasteiger partial charge in [0.05, 0.1) is 11.7 Å². The molecule has 1 aliphatic rings. The van der Waals surface area contributed by atoms with Gasteiger partial charge in [0.2, 0.25) is 0 Å². The van der Waals surface area contributed by atoms with Crippen molar-refractivity contribution in [3.05, 3.63) is 103 Å². The summed E-state index contributed by atoms with van der Waals surface area (Å²) in [6, 6.07) is 28.3. The zero-order chi connectivity index (χ0) is 22.8. The van der Waals surface area contributed by atoms with Gasteiger partial charge < -0.3 is 19.5 Å². The summed E-state index contributed by atoms with van der Waals surface area (Å²) in [5.74, 6) is 0.841. The summed E-state index contributed by atoms with van der Waals surface area (Å²) in [5, 5.41) is 4.98. The van der Waals surface area contributed by atoms with Gasteiger partial charge >= 0.3 is 0 Å². The van der Waals surface area contributed by atoms with Crippen LogP contribution in [0.4, 0.5) is 11.4 Å². The van der Waals surface area contributed by atoms with E-state index in [2.05, 4.69) is 56.5 Å². The highest BCUT2D eigenvalue weighted by Crippen LogP contribution is 2.43. The Morgan fingerprint density at radius 3 is 2.39 bits per heavy atom. The molecule has 7 heteroatoms. The molecule has 0 spiro atoms. The summed E-state index contributed by atoms with van der Waals surface area (Å²) in [6.45, 7) is 0. The minimum Gasteiger partial charge on any atom is -0.452 e. The summed E-state index contributed by atoms with van der Waals surface area (Å²) >= 11 is 7.41. The fourth-order valence-corrected chi connectivity index (χ4v) is 5.13. The number of nitrogens with one attached hydrogen (secondary N) is 1. The van der Waals surface area contributed by atoms with E-state index < -0.39 is 0 Å². The number of hydrogen-bond acceptors (Lipinski definition) is 5. The second-order valence-corrected chi connectivity index (χ2v) is 9.44. The van der Waals surface area contributed by atoms with Crippen LogP contribution >= 0.6 is 24.0 Å². The average Bonchev–Trinajstić information content (AvgIpc) is 3.44. The largest absolute Gasteiger partial charge is 0.452 e. The number of hydrogen-bond donors (Lipinski definition) is 1. The highest BCUT2D eigenvalue weighted by atomic mass is 32.2. The van der Waals surface area contributed by atoms with E-state index in [4.69, 9.17) is 16.6 Å². The van der Waals surface area contributed by atoms with E-state index in [9.17, 15) is 0 Å². The van der Waals surface area contributed by atoms with Crippen molar-refractivity contribution in [3.63, 3.8) is 0 Å². The maximum atomic E-state index is 6.37. The summed E-state index contributed by atoms with van der Waals surface area (Å²) < 4.78 is 6.37. The van der Waals surface area contributed by atoms with Crippen molar-refractivity contribution in [3.8, 4) is 0 Å².